The molecule has 1 N–H and O–H groups in total. The minimum absolute atomic E-state index is 0.0270. The Morgan fingerprint density at radius 3 is 2.62 bits per heavy atom. The normalized spacial score (nSPS) is 10.6. The topological polar surface area (TPSA) is 42.0 Å². The van der Waals surface area contributed by atoms with Crippen molar-refractivity contribution in [1.29, 1.82) is 0 Å². The van der Waals surface area contributed by atoms with Crippen LogP contribution in [0.4, 0.5) is 14.5 Å². The number of aromatic nitrogens is 1. The van der Waals surface area contributed by atoms with Gasteiger partial charge in [0.15, 0.2) is 0 Å². The zero-order chi connectivity index (χ0) is 17.1. The van der Waals surface area contributed by atoms with Gasteiger partial charge in [0.05, 0.1) is 17.8 Å². The van der Waals surface area contributed by atoms with Crippen molar-refractivity contribution in [2.75, 3.05) is 5.32 Å². The fraction of sp³-hybridized carbons (Fsp3) is 0.111. The number of amides is 1. The number of carbonyl (C=O) groups is 1. The van der Waals surface area contributed by atoms with Crippen LogP contribution in [0.25, 0.3) is 10.6 Å². The summed E-state index contributed by atoms with van der Waals surface area (Å²) >= 11 is 1.45. The highest BCUT2D eigenvalue weighted by Crippen LogP contribution is 2.24. The molecule has 0 radical (unpaired) electrons. The lowest BCUT2D eigenvalue weighted by atomic mass is 10.2. The molecule has 3 nitrogen and oxygen atoms in total. The van der Waals surface area contributed by atoms with E-state index in [0.717, 1.165) is 28.3 Å². The third-order valence-electron chi connectivity index (χ3n) is 3.40. The van der Waals surface area contributed by atoms with Crippen LogP contribution in [0.5, 0.6) is 0 Å². The number of hydrogen-bond donors (Lipinski definition) is 1. The highest BCUT2D eigenvalue weighted by Gasteiger charge is 2.11. The third-order valence-corrected chi connectivity index (χ3v) is 4.34. The minimum atomic E-state index is -0.804. The SMILES string of the molecule is Cc1ccc(-c2nc(CC(=O)Nc3ccc(F)cc3F)cs2)cc1. The number of anilines is 1. The van der Waals surface area contributed by atoms with Gasteiger partial charge >= 0.3 is 0 Å². The molecule has 122 valence electrons. The van der Waals surface area contributed by atoms with Crippen molar-refractivity contribution < 1.29 is 13.6 Å². The maximum Gasteiger partial charge on any atom is 0.230 e. The van der Waals surface area contributed by atoms with E-state index in [4.69, 9.17) is 0 Å². The maximum atomic E-state index is 13.5. The molecule has 0 bridgehead atoms. The zero-order valence-corrected chi connectivity index (χ0v) is 13.7. The van der Waals surface area contributed by atoms with Crippen molar-refractivity contribution in [2.24, 2.45) is 0 Å². The van der Waals surface area contributed by atoms with E-state index in [-0.39, 0.29) is 12.1 Å². The molecule has 0 fully saturated rings. The number of benzene rings is 2. The van der Waals surface area contributed by atoms with Gasteiger partial charge < -0.3 is 5.32 Å². The van der Waals surface area contributed by atoms with Crippen LogP contribution in [0.15, 0.2) is 47.8 Å². The molecule has 2 aromatic carbocycles. The molecule has 0 aliphatic heterocycles. The number of hydrogen-bond acceptors (Lipinski definition) is 3. The van der Waals surface area contributed by atoms with Crippen LogP contribution in [-0.4, -0.2) is 10.9 Å². The predicted octanol–water partition coefficient (Wildman–Crippen LogP) is 4.58. The van der Waals surface area contributed by atoms with Gasteiger partial charge in [0.2, 0.25) is 5.91 Å². The summed E-state index contributed by atoms with van der Waals surface area (Å²) in [5.74, 6) is -1.89. The summed E-state index contributed by atoms with van der Waals surface area (Å²) in [6, 6.07) is 11.0. The smallest absolute Gasteiger partial charge is 0.230 e. The number of halogens is 2. The summed E-state index contributed by atoms with van der Waals surface area (Å²) in [5, 5.41) is 5.05. The molecule has 6 heteroatoms. The summed E-state index contributed by atoms with van der Waals surface area (Å²) in [5.41, 5.74) is 2.71. The number of aryl methyl sites for hydroxylation is 1. The van der Waals surface area contributed by atoms with E-state index in [1.165, 1.54) is 17.4 Å². The molecular weight excluding hydrogens is 330 g/mol. The van der Waals surface area contributed by atoms with Gasteiger partial charge in [-0.15, -0.1) is 11.3 Å². The highest BCUT2D eigenvalue weighted by molar-refractivity contribution is 7.13. The van der Waals surface area contributed by atoms with Gasteiger partial charge in [-0.1, -0.05) is 29.8 Å². The van der Waals surface area contributed by atoms with Gasteiger partial charge in [0.25, 0.3) is 0 Å². The minimum Gasteiger partial charge on any atom is -0.323 e. The van der Waals surface area contributed by atoms with Crippen molar-refractivity contribution in [3.8, 4) is 10.6 Å². The average Bonchev–Trinajstić information content (AvgIpc) is 2.99. The molecule has 0 aliphatic rings. The number of nitrogens with zero attached hydrogens (tertiary/aromatic N) is 1. The number of thiazole rings is 1. The van der Waals surface area contributed by atoms with Crippen molar-refractivity contribution in [2.45, 2.75) is 13.3 Å². The average molecular weight is 344 g/mol. The summed E-state index contributed by atoms with van der Waals surface area (Å²) in [6.45, 7) is 2.01. The van der Waals surface area contributed by atoms with Crippen molar-refractivity contribution in [3.05, 3.63) is 70.7 Å². The third kappa shape index (κ3) is 3.83. The van der Waals surface area contributed by atoms with E-state index < -0.39 is 17.5 Å². The first-order valence-electron chi connectivity index (χ1n) is 7.27. The first-order chi connectivity index (χ1) is 11.5. The summed E-state index contributed by atoms with van der Waals surface area (Å²) in [6.07, 6.45) is 0.0270. The Bertz CT molecular complexity index is 875. The lowest BCUT2D eigenvalue weighted by Crippen LogP contribution is -2.15. The van der Waals surface area contributed by atoms with Crippen LogP contribution in [0.1, 0.15) is 11.3 Å². The monoisotopic (exact) mass is 344 g/mol. The van der Waals surface area contributed by atoms with Gasteiger partial charge in [0.1, 0.15) is 16.6 Å². The van der Waals surface area contributed by atoms with Crippen LogP contribution in [-0.2, 0) is 11.2 Å². The molecule has 3 aromatic rings. The Labute approximate surface area is 142 Å². The van der Waals surface area contributed by atoms with Gasteiger partial charge in [-0.05, 0) is 19.1 Å². The number of nitrogens with one attached hydrogen (secondary N) is 1. The molecule has 0 atom stereocenters. The van der Waals surface area contributed by atoms with Gasteiger partial charge in [-0.25, -0.2) is 13.8 Å². The highest BCUT2D eigenvalue weighted by atomic mass is 32.1. The summed E-state index contributed by atoms with van der Waals surface area (Å²) in [4.78, 5) is 16.4. The number of carbonyl (C=O) groups excluding carboxylic acids is 1. The van der Waals surface area contributed by atoms with Gasteiger partial charge in [-0.2, -0.15) is 0 Å². The molecular formula is C18H14F2N2OS. The van der Waals surface area contributed by atoms with Gasteiger partial charge in [0, 0.05) is 17.0 Å². The molecule has 0 aliphatic carbocycles. The lowest BCUT2D eigenvalue weighted by molar-refractivity contribution is -0.115. The first-order valence-corrected chi connectivity index (χ1v) is 8.15. The lowest BCUT2D eigenvalue weighted by Gasteiger charge is -2.05. The van der Waals surface area contributed by atoms with Crippen LogP contribution >= 0.6 is 11.3 Å². The molecule has 0 spiro atoms. The quantitative estimate of drug-likeness (QED) is 0.753. The molecule has 1 aromatic heterocycles. The van der Waals surface area contributed by atoms with E-state index in [1.807, 2.05) is 31.2 Å². The maximum absolute atomic E-state index is 13.5. The van der Waals surface area contributed by atoms with Crippen LogP contribution < -0.4 is 5.32 Å². The summed E-state index contributed by atoms with van der Waals surface area (Å²) in [7, 11) is 0. The van der Waals surface area contributed by atoms with Gasteiger partial charge in [-0.3, -0.25) is 4.79 Å². The van der Waals surface area contributed by atoms with Crippen LogP contribution in [0, 0.1) is 18.6 Å². The van der Waals surface area contributed by atoms with Crippen LogP contribution in [0.3, 0.4) is 0 Å². The Morgan fingerprint density at radius 2 is 1.92 bits per heavy atom. The summed E-state index contributed by atoms with van der Waals surface area (Å²) < 4.78 is 26.4. The van der Waals surface area contributed by atoms with Crippen LogP contribution in [0.2, 0.25) is 0 Å². The second-order valence-corrected chi connectivity index (χ2v) is 6.22. The van der Waals surface area contributed by atoms with Crippen molar-refractivity contribution in [1.82, 2.24) is 4.98 Å². The Hall–Kier alpha value is -2.60. The molecule has 1 heterocycles. The molecule has 0 unspecified atom stereocenters. The second-order valence-electron chi connectivity index (χ2n) is 5.36. The molecule has 3 rings (SSSR count). The van der Waals surface area contributed by atoms with E-state index in [0.29, 0.717) is 5.69 Å². The Morgan fingerprint density at radius 1 is 1.17 bits per heavy atom. The standard InChI is InChI=1S/C18H14F2N2OS/c1-11-2-4-12(5-3-11)18-21-14(10-24-18)9-17(23)22-16-7-6-13(19)8-15(16)20/h2-8,10H,9H2,1H3,(H,22,23). The van der Waals surface area contributed by atoms with E-state index in [1.54, 1.807) is 5.38 Å². The Balaban J connectivity index is 1.68. The number of rotatable bonds is 4. The molecule has 1 amide bonds. The van der Waals surface area contributed by atoms with E-state index in [9.17, 15) is 13.6 Å². The fourth-order valence-corrected chi connectivity index (χ4v) is 2.99. The largest absolute Gasteiger partial charge is 0.323 e. The molecule has 0 saturated heterocycles. The predicted molar refractivity (Wildman–Crippen MR) is 91.0 cm³/mol. The molecule has 0 saturated carbocycles. The fourth-order valence-electron chi connectivity index (χ4n) is 2.17. The van der Waals surface area contributed by atoms with E-state index in [2.05, 4.69) is 10.3 Å². The Kier molecular flexibility index (Phi) is 4.66. The van der Waals surface area contributed by atoms with E-state index >= 15 is 0 Å². The van der Waals surface area contributed by atoms with Crippen molar-refractivity contribution >= 4 is 22.9 Å². The second kappa shape index (κ2) is 6.88. The first kappa shape index (κ1) is 16.3. The van der Waals surface area contributed by atoms with Crippen molar-refractivity contribution in [3.63, 3.8) is 0 Å². The zero-order valence-electron chi connectivity index (χ0n) is 12.8. The molecule has 24 heavy (non-hydrogen) atoms.